The molecule has 0 aliphatic heterocycles. The van der Waals surface area contributed by atoms with E-state index < -0.39 is 5.97 Å². The molecule has 1 N–H and O–H groups in total. The third-order valence-corrected chi connectivity index (χ3v) is 3.61. The number of hydrogen-bond acceptors (Lipinski definition) is 4. The Hall–Kier alpha value is -1.72. The molecule has 2 aromatic rings. The number of aromatic carboxylic acids is 1. The number of carboxylic acids is 1. The van der Waals surface area contributed by atoms with Crippen molar-refractivity contribution >= 4 is 17.3 Å². The van der Waals surface area contributed by atoms with E-state index in [4.69, 9.17) is 9.84 Å². The summed E-state index contributed by atoms with van der Waals surface area (Å²) in [6.07, 6.45) is 0. The number of aromatic nitrogens is 1. The first kappa shape index (κ1) is 12.7. The van der Waals surface area contributed by atoms with Gasteiger partial charge in [-0.1, -0.05) is 29.8 Å². The number of carboxylic acid groups (broad SMARTS) is 1. The second-order valence-corrected chi connectivity index (χ2v) is 4.90. The van der Waals surface area contributed by atoms with Crippen LogP contribution in [-0.4, -0.2) is 23.2 Å². The predicted molar refractivity (Wildman–Crippen MR) is 70.0 cm³/mol. The highest BCUT2D eigenvalue weighted by Crippen LogP contribution is 2.28. The van der Waals surface area contributed by atoms with Gasteiger partial charge >= 0.3 is 5.97 Å². The summed E-state index contributed by atoms with van der Waals surface area (Å²) in [6, 6.07) is 7.84. The van der Waals surface area contributed by atoms with E-state index in [1.54, 1.807) is 0 Å². The molecule has 1 aromatic carbocycles. The number of thiazole rings is 1. The van der Waals surface area contributed by atoms with E-state index in [0.29, 0.717) is 10.7 Å². The van der Waals surface area contributed by atoms with Gasteiger partial charge in [0.05, 0.1) is 12.3 Å². The van der Waals surface area contributed by atoms with Crippen LogP contribution in [0.5, 0.6) is 0 Å². The molecule has 1 heterocycles. The van der Waals surface area contributed by atoms with Crippen LogP contribution in [-0.2, 0) is 11.3 Å². The van der Waals surface area contributed by atoms with Gasteiger partial charge in [0.1, 0.15) is 9.88 Å². The molecule has 0 bridgehead atoms. The molecule has 0 unspecified atom stereocenters. The van der Waals surface area contributed by atoms with E-state index in [-0.39, 0.29) is 11.5 Å². The number of carbonyl (C=O) groups is 1. The summed E-state index contributed by atoms with van der Waals surface area (Å²) in [5.41, 5.74) is 2.56. The van der Waals surface area contributed by atoms with Crippen LogP contribution in [0.2, 0.25) is 0 Å². The summed E-state index contributed by atoms with van der Waals surface area (Å²) < 4.78 is 4.97. The Balaban J connectivity index is 2.42. The second kappa shape index (κ2) is 5.29. The Morgan fingerprint density at radius 2 is 2.06 bits per heavy atom. The highest BCUT2D eigenvalue weighted by Gasteiger charge is 2.17. The van der Waals surface area contributed by atoms with E-state index in [9.17, 15) is 4.79 Å². The lowest BCUT2D eigenvalue weighted by atomic mass is 10.2. The number of methoxy groups -OCH3 is 1. The summed E-state index contributed by atoms with van der Waals surface area (Å²) in [4.78, 5) is 15.7. The van der Waals surface area contributed by atoms with E-state index in [2.05, 4.69) is 4.98 Å². The Labute approximate surface area is 109 Å². The Morgan fingerprint density at radius 1 is 1.39 bits per heavy atom. The molecule has 0 amide bonds. The fourth-order valence-electron chi connectivity index (χ4n) is 1.57. The molecular formula is C13H13NO3S. The largest absolute Gasteiger partial charge is 0.477 e. The number of rotatable bonds is 4. The lowest BCUT2D eigenvalue weighted by Crippen LogP contribution is -1.99. The van der Waals surface area contributed by atoms with Gasteiger partial charge in [0.25, 0.3) is 0 Å². The van der Waals surface area contributed by atoms with E-state index >= 15 is 0 Å². The van der Waals surface area contributed by atoms with Gasteiger partial charge in [-0.05, 0) is 6.92 Å². The molecule has 0 radical (unpaired) electrons. The van der Waals surface area contributed by atoms with Gasteiger partial charge in [0.15, 0.2) is 0 Å². The molecule has 18 heavy (non-hydrogen) atoms. The van der Waals surface area contributed by atoms with Crippen molar-refractivity contribution in [1.82, 2.24) is 4.98 Å². The molecule has 0 saturated carbocycles. The van der Waals surface area contributed by atoms with Gasteiger partial charge in [-0.3, -0.25) is 0 Å². The topological polar surface area (TPSA) is 59.4 Å². The Bertz CT molecular complexity index is 560. The Morgan fingerprint density at radius 3 is 2.61 bits per heavy atom. The van der Waals surface area contributed by atoms with E-state index in [0.717, 1.165) is 11.1 Å². The third-order valence-electron chi connectivity index (χ3n) is 2.47. The van der Waals surface area contributed by atoms with Gasteiger partial charge in [0, 0.05) is 12.7 Å². The minimum absolute atomic E-state index is 0.212. The highest BCUT2D eigenvalue weighted by atomic mass is 32.1. The van der Waals surface area contributed by atoms with Crippen LogP contribution in [0.25, 0.3) is 10.6 Å². The first-order valence-electron chi connectivity index (χ1n) is 5.41. The first-order chi connectivity index (χ1) is 8.61. The maximum absolute atomic E-state index is 11.1. The van der Waals surface area contributed by atoms with Gasteiger partial charge in [-0.15, -0.1) is 11.3 Å². The maximum Gasteiger partial charge on any atom is 0.347 e. The molecule has 0 spiro atoms. The summed E-state index contributed by atoms with van der Waals surface area (Å²) in [7, 11) is 1.52. The zero-order valence-electron chi connectivity index (χ0n) is 10.1. The molecular weight excluding hydrogens is 250 g/mol. The summed E-state index contributed by atoms with van der Waals surface area (Å²) in [6.45, 7) is 2.22. The van der Waals surface area contributed by atoms with Crippen LogP contribution >= 0.6 is 11.3 Å². The summed E-state index contributed by atoms with van der Waals surface area (Å²) in [5, 5.41) is 9.82. The van der Waals surface area contributed by atoms with Crippen LogP contribution in [0.15, 0.2) is 24.3 Å². The maximum atomic E-state index is 11.1. The molecule has 5 heteroatoms. The minimum atomic E-state index is -0.960. The minimum Gasteiger partial charge on any atom is -0.477 e. The highest BCUT2D eigenvalue weighted by molar-refractivity contribution is 7.17. The molecule has 94 valence electrons. The zero-order chi connectivity index (χ0) is 13.1. The summed E-state index contributed by atoms with van der Waals surface area (Å²) >= 11 is 1.18. The molecule has 0 aliphatic rings. The second-order valence-electron chi connectivity index (χ2n) is 3.90. The summed E-state index contributed by atoms with van der Waals surface area (Å²) in [5.74, 6) is -0.960. The number of hydrogen-bond donors (Lipinski definition) is 1. The van der Waals surface area contributed by atoms with E-state index in [1.165, 1.54) is 18.4 Å². The van der Waals surface area contributed by atoms with Crippen LogP contribution in [0.3, 0.4) is 0 Å². The first-order valence-corrected chi connectivity index (χ1v) is 6.22. The van der Waals surface area contributed by atoms with Crippen molar-refractivity contribution in [3.05, 3.63) is 40.4 Å². The molecule has 4 nitrogen and oxygen atoms in total. The SMILES string of the molecule is COCc1nc(-c2ccc(C)cc2)sc1C(=O)O. The van der Waals surface area contributed by atoms with Gasteiger partial charge in [-0.2, -0.15) is 0 Å². The van der Waals surface area contributed by atoms with Gasteiger partial charge in [0.2, 0.25) is 0 Å². The van der Waals surface area contributed by atoms with Crippen LogP contribution < -0.4 is 0 Å². The third kappa shape index (κ3) is 2.57. The number of aryl methyl sites for hydroxylation is 1. The average Bonchev–Trinajstić information content (AvgIpc) is 2.75. The number of benzene rings is 1. The van der Waals surface area contributed by atoms with Crippen LogP contribution in [0.1, 0.15) is 20.9 Å². The average molecular weight is 263 g/mol. The molecule has 0 saturated heterocycles. The molecule has 0 fully saturated rings. The molecule has 0 aliphatic carbocycles. The van der Waals surface area contributed by atoms with Crippen molar-refractivity contribution in [1.29, 1.82) is 0 Å². The van der Waals surface area contributed by atoms with Crippen LogP contribution in [0, 0.1) is 6.92 Å². The lowest BCUT2D eigenvalue weighted by molar-refractivity contribution is 0.0697. The van der Waals surface area contributed by atoms with E-state index in [1.807, 2.05) is 31.2 Å². The van der Waals surface area contributed by atoms with Crippen molar-refractivity contribution in [3.8, 4) is 10.6 Å². The van der Waals surface area contributed by atoms with Crippen molar-refractivity contribution in [2.24, 2.45) is 0 Å². The van der Waals surface area contributed by atoms with Crippen molar-refractivity contribution in [3.63, 3.8) is 0 Å². The Kier molecular flexibility index (Phi) is 3.74. The number of nitrogens with zero attached hydrogens (tertiary/aromatic N) is 1. The smallest absolute Gasteiger partial charge is 0.347 e. The molecule has 0 atom stereocenters. The van der Waals surface area contributed by atoms with Crippen molar-refractivity contribution in [2.75, 3.05) is 7.11 Å². The van der Waals surface area contributed by atoms with Crippen molar-refractivity contribution < 1.29 is 14.6 Å². The standard InChI is InChI=1S/C13H13NO3S/c1-8-3-5-9(6-4-8)12-14-10(7-17-2)11(18-12)13(15)16/h3-6H,7H2,1-2H3,(H,15,16). The predicted octanol–water partition coefficient (Wildman–Crippen LogP) is 2.96. The quantitative estimate of drug-likeness (QED) is 0.921. The zero-order valence-corrected chi connectivity index (χ0v) is 11.0. The lowest BCUT2D eigenvalue weighted by Gasteiger charge is -1.96. The van der Waals surface area contributed by atoms with Crippen LogP contribution in [0.4, 0.5) is 0 Å². The molecule has 1 aromatic heterocycles. The van der Waals surface area contributed by atoms with Gasteiger partial charge < -0.3 is 9.84 Å². The normalized spacial score (nSPS) is 10.6. The fraction of sp³-hybridized carbons (Fsp3) is 0.231. The van der Waals surface area contributed by atoms with Gasteiger partial charge in [-0.25, -0.2) is 9.78 Å². The monoisotopic (exact) mass is 263 g/mol. The molecule has 2 rings (SSSR count). The van der Waals surface area contributed by atoms with Crippen molar-refractivity contribution in [2.45, 2.75) is 13.5 Å². The number of ether oxygens (including phenoxy) is 1. The fourth-order valence-corrected chi connectivity index (χ4v) is 2.49.